The summed E-state index contributed by atoms with van der Waals surface area (Å²) in [6.07, 6.45) is 1.63. The topological polar surface area (TPSA) is 82.2 Å². The van der Waals surface area contributed by atoms with Gasteiger partial charge in [-0.3, -0.25) is 4.79 Å². The smallest absolute Gasteiger partial charge is 0.337 e. The fourth-order valence-electron chi connectivity index (χ4n) is 1.44. The van der Waals surface area contributed by atoms with Crippen LogP contribution in [0.5, 0.6) is 0 Å². The van der Waals surface area contributed by atoms with Gasteiger partial charge in [0.05, 0.1) is 10.6 Å². The second kappa shape index (κ2) is 4.93. The van der Waals surface area contributed by atoms with Gasteiger partial charge >= 0.3 is 5.97 Å². The van der Waals surface area contributed by atoms with Crippen molar-refractivity contribution < 1.29 is 14.7 Å². The van der Waals surface area contributed by atoms with Crippen molar-refractivity contribution in [1.29, 1.82) is 0 Å². The number of aromatic amines is 1. The lowest BCUT2D eigenvalue weighted by atomic mass is 10.2. The molecule has 0 aliphatic heterocycles. The van der Waals surface area contributed by atoms with Crippen molar-refractivity contribution in [3.05, 3.63) is 52.8 Å². The summed E-state index contributed by atoms with van der Waals surface area (Å²) in [6, 6.07) is 7.55. The van der Waals surface area contributed by atoms with Gasteiger partial charge in [-0.15, -0.1) is 0 Å². The maximum absolute atomic E-state index is 11.7. The van der Waals surface area contributed by atoms with Gasteiger partial charge in [-0.05, 0) is 30.3 Å². The predicted octanol–water partition coefficient (Wildman–Crippen LogP) is 2.62. The molecule has 1 aromatic carbocycles. The fourth-order valence-corrected chi connectivity index (χ4v) is 1.70. The first-order valence-corrected chi connectivity index (χ1v) is 5.43. The third kappa shape index (κ3) is 2.52. The van der Waals surface area contributed by atoms with Gasteiger partial charge < -0.3 is 15.4 Å². The molecule has 3 N–H and O–H groups in total. The predicted molar refractivity (Wildman–Crippen MR) is 67.2 cm³/mol. The number of H-pyrrole nitrogens is 1. The maximum atomic E-state index is 11.7. The number of carbonyl (C=O) groups excluding carboxylic acids is 1. The summed E-state index contributed by atoms with van der Waals surface area (Å²) in [7, 11) is 0. The van der Waals surface area contributed by atoms with Gasteiger partial charge in [-0.2, -0.15) is 0 Å². The van der Waals surface area contributed by atoms with Crippen LogP contribution in [0.25, 0.3) is 0 Å². The van der Waals surface area contributed by atoms with E-state index in [-0.39, 0.29) is 16.5 Å². The fraction of sp³-hybridized carbons (Fsp3) is 0. The molecule has 0 aliphatic rings. The first-order chi connectivity index (χ1) is 8.58. The SMILES string of the molecule is O=C(Nc1ccc(C(=O)O)c(Cl)c1)c1ccc[nH]1. The quantitative estimate of drug-likeness (QED) is 0.797. The maximum Gasteiger partial charge on any atom is 0.337 e. The van der Waals surface area contributed by atoms with E-state index in [0.29, 0.717) is 11.4 Å². The molecule has 1 heterocycles. The highest BCUT2D eigenvalue weighted by atomic mass is 35.5. The van der Waals surface area contributed by atoms with Gasteiger partial charge in [0.15, 0.2) is 0 Å². The molecule has 1 aromatic heterocycles. The van der Waals surface area contributed by atoms with Crippen LogP contribution in [0.2, 0.25) is 5.02 Å². The Balaban J connectivity index is 2.18. The van der Waals surface area contributed by atoms with Crippen LogP contribution < -0.4 is 5.32 Å². The molecule has 0 saturated heterocycles. The van der Waals surface area contributed by atoms with E-state index in [0.717, 1.165) is 0 Å². The minimum absolute atomic E-state index is 0.00506. The zero-order chi connectivity index (χ0) is 13.1. The van der Waals surface area contributed by atoms with Crippen molar-refractivity contribution >= 4 is 29.2 Å². The summed E-state index contributed by atoms with van der Waals surface area (Å²) in [5.41, 5.74) is 0.840. The molecule has 2 rings (SSSR count). The highest BCUT2D eigenvalue weighted by Gasteiger charge is 2.11. The summed E-state index contributed by atoms with van der Waals surface area (Å²) in [5.74, 6) is -1.43. The Morgan fingerprint density at radius 2 is 2.06 bits per heavy atom. The minimum Gasteiger partial charge on any atom is -0.478 e. The average Bonchev–Trinajstić information content (AvgIpc) is 2.81. The molecule has 92 valence electrons. The van der Waals surface area contributed by atoms with Crippen LogP contribution in [0.4, 0.5) is 5.69 Å². The number of anilines is 1. The largest absolute Gasteiger partial charge is 0.478 e. The molecule has 0 fully saturated rings. The Hall–Kier alpha value is -2.27. The van der Waals surface area contributed by atoms with Gasteiger partial charge in [-0.1, -0.05) is 11.6 Å². The number of halogens is 1. The first kappa shape index (κ1) is 12.2. The van der Waals surface area contributed by atoms with Gasteiger partial charge in [0.1, 0.15) is 5.69 Å². The number of hydrogen-bond donors (Lipinski definition) is 3. The lowest BCUT2D eigenvalue weighted by Gasteiger charge is -2.05. The molecule has 0 saturated carbocycles. The number of benzene rings is 1. The van der Waals surface area contributed by atoms with E-state index < -0.39 is 5.97 Å². The average molecular weight is 265 g/mol. The van der Waals surface area contributed by atoms with E-state index in [1.165, 1.54) is 18.2 Å². The summed E-state index contributed by atoms with van der Waals surface area (Å²) in [4.78, 5) is 25.2. The number of hydrogen-bond acceptors (Lipinski definition) is 2. The Labute approximate surface area is 107 Å². The molecule has 0 unspecified atom stereocenters. The van der Waals surface area contributed by atoms with Crippen molar-refractivity contribution in [2.75, 3.05) is 5.32 Å². The number of rotatable bonds is 3. The van der Waals surface area contributed by atoms with Crippen LogP contribution in [0.1, 0.15) is 20.8 Å². The Kier molecular flexibility index (Phi) is 3.34. The van der Waals surface area contributed by atoms with E-state index in [2.05, 4.69) is 10.3 Å². The number of carbonyl (C=O) groups is 2. The molecule has 6 heteroatoms. The minimum atomic E-state index is -1.11. The van der Waals surface area contributed by atoms with Gasteiger partial charge in [0.2, 0.25) is 0 Å². The lowest BCUT2D eigenvalue weighted by molar-refractivity contribution is 0.0697. The van der Waals surface area contributed by atoms with E-state index in [1.807, 2.05) is 0 Å². The molecular weight excluding hydrogens is 256 g/mol. The standard InChI is InChI=1S/C12H9ClN2O3/c13-9-6-7(3-4-8(9)12(17)18)15-11(16)10-2-1-5-14-10/h1-6,14H,(H,15,16)(H,17,18). The number of amides is 1. The molecule has 5 nitrogen and oxygen atoms in total. The normalized spacial score (nSPS) is 10.1. The van der Waals surface area contributed by atoms with Crippen LogP contribution in [0, 0.1) is 0 Å². The second-order valence-electron chi connectivity index (χ2n) is 3.54. The van der Waals surface area contributed by atoms with Gasteiger partial charge in [-0.25, -0.2) is 4.79 Å². The van der Waals surface area contributed by atoms with Crippen LogP contribution in [-0.4, -0.2) is 22.0 Å². The second-order valence-corrected chi connectivity index (χ2v) is 3.94. The molecule has 1 amide bonds. The summed E-state index contributed by atoms with van der Waals surface area (Å²) < 4.78 is 0. The molecule has 0 bridgehead atoms. The third-order valence-electron chi connectivity index (χ3n) is 2.30. The zero-order valence-electron chi connectivity index (χ0n) is 9.11. The van der Waals surface area contributed by atoms with Gasteiger partial charge in [0.25, 0.3) is 5.91 Å². The van der Waals surface area contributed by atoms with Crippen molar-refractivity contribution in [1.82, 2.24) is 4.98 Å². The molecule has 18 heavy (non-hydrogen) atoms. The monoisotopic (exact) mass is 264 g/mol. The first-order valence-electron chi connectivity index (χ1n) is 5.05. The van der Waals surface area contributed by atoms with Crippen LogP contribution in [0.15, 0.2) is 36.5 Å². The highest BCUT2D eigenvalue weighted by molar-refractivity contribution is 6.33. The van der Waals surface area contributed by atoms with E-state index in [1.54, 1.807) is 18.3 Å². The molecule has 2 aromatic rings. The van der Waals surface area contributed by atoms with Crippen LogP contribution in [0.3, 0.4) is 0 Å². The Morgan fingerprint density at radius 1 is 1.28 bits per heavy atom. The zero-order valence-corrected chi connectivity index (χ0v) is 9.86. The summed E-state index contributed by atoms with van der Waals surface area (Å²) in [6.45, 7) is 0. The molecule has 0 spiro atoms. The summed E-state index contributed by atoms with van der Waals surface area (Å²) >= 11 is 5.79. The molecule has 0 aliphatic carbocycles. The third-order valence-corrected chi connectivity index (χ3v) is 2.61. The number of aromatic carboxylic acids is 1. The van der Waals surface area contributed by atoms with Crippen molar-refractivity contribution in [2.45, 2.75) is 0 Å². The van der Waals surface area contributed by atoms with Gasteiger partial charge in [0, 0.05) is 11.9 Å². The van der Waals surface area contributed by atoms with Crippen molar-refractivity contribution in [2.24, 2.45) is 0 Å². The van der Waals surface area contributed by atoms with E-state index in [4.69, 9.17) is 16.7 Å². The Morgan fingerprint density at radius 3 is 2.61 bits per heavy atom. The molecular formula is C12H9ClN2O3. The van der Waals surface area contributed by atoms with Crippen LogP contribution >= 0.6 is 11.6 Å². The number of carboxylic acid groups (broad SMARTS) is 1. The van der Waals surface area contributed by atoms with E-state index >= 15 is 0 Å². The molecule has 0 atom stereocenters. The number of aromatic nitrogens is 1. The number of nitrogens with one attached hydrogen (secondary N) is 2. The van der Waals surface area contributed by atoms with Crippen molar-refractivity contribution in [3.63, 3.8) is 0 Å². The Bertz CT molecular complexity index is 593. The lowest BCUT2D eigenvalue weighted by Crippen LogP contribution is -2.12. The van der Waals surface area contributed by atoms with Crippen molar-refractivity contribution in [3.8, 4) is 0 Å². The highest BCUT2D eigenvalue weighted by Crippen LogP contribution is 2.21. The van der Waals surface area contributed by atoms with E-state index in [9.17, 15) is 9.59 Å². The van der Waals surface area contributed by atoms with Crippen LogP contribution in [-0.2, 0) is 0 Å². The number of carboxylic acids is 1. The summed E-state index contributed by atoms with van der Waals surface area (Å²) in [5, 5.41) is 11.5. The molecule has 0 radical (unpaired) electrons.